The van der Waals surface area contributed by atoms with Crippen LogP contribution in [0.25, 0.3) is 0 Å². The molecular formula is C26H36F2N6O. The fraction of sp³-hybridized carbons (Fsp3) is 0.538. The number of nitrogens with zero attached hydrogens (tertiary/aromatic N) is 2. The van der Waals surface area contributed by atoms with Gasteiger partial charge in [-0.2, -0.15) is 0 Å². The molecule has 1 aromatic heterocycles. The molecule has 0 saturated heterocycles. The second-order valence-electron chi connectivity index (χ2n) is 10.3. The van der Waals surface area contributed by atoms with Crippen LogP contribution >= 0.6 is 0 Å². The van der Waals surface area contributed by atoms with Gasteiger partial charge in [0.25, 0.3) is 0 Å². The number of benzene rings is 1. The van der Waals surface area contributed by atoms with E-state index in [0.717, 1.165) is 57.4 Å². The van der Waals surface area contributed by atoms with Crippen LogP contribution in [0.3, 0.4) is 0 Å². The molecule has 5 N–H and O–H groups in total. The third-order valence-electron chi connectivity index (χ3n) is 7.32. The Morgan fingerprint density at radius 1 is 1.17 bits per heavy atom. The van der Waals surface area contributed by atoms with E-state index in [1.165, 1.54) is 18.3 Å². The van der Waals surface area contributed by atoms with Crippen molar-refractivity contribution >= 4 is 23.7 Å². The lowest BCUT2D eigenvalue weighted by molar-refractivity contribution is -0.00237. The highest BCUT2D eigenvalue weighted by Gasteiger charge is 2.32. The van der Waals surface area contributed by atoms with E-state index in [1.807, 2.05) is 18.4 Å². The third kappa shape index (κ3) is 5.83. The quantitative estimate of drug-likeness (QED) is 0.288. The highest BCUT2D eigenvalue weighted by Crippen LogP contribution is 2.38. The summed E-state index contributed by atoms with van der Waals surface area (Å²) in [6, 6.07) is 3.76. The van der Waals surface area contributed by atoms with Gasteiger partial charge in [0.05, 0.1) is 17.1 Å². The molecule has 2 saturated carbocycles. The number of hydrogen-bond acceptors (Lipinski definition) is 6. The van der Waals surface area contributed by atoms with E-state index in [1.54, 1.807) is 0 Å². The lowest BCUT2D eigenvalue weighted by atomic mass is 9.77. The van der Waals surface area contributed by atoms with E-state index >= 15 is 0 Å². The van der Waals surface area contributed by atoms with Gasteiger partial charge >= 0.3 is 0 Å². The van der Waals surface area contributed by atoms with Crippen LogP contribution in [0.4, 0.5) is 26.2 Å². The van der Waals surface area contributed by atoms with Gasteiger partial charge in [0.1, 0.15) is 23.1 Å². The molecule has 7 nitrogen and oxygen atoms in total. The van der Waals surface area contributed by atoms with Gasteiger partial charge in [-0.3, -0.25) is 4.57 Å². The van der Waals surface area contributed by atoms with Crippen LogP contribution in [-0.2, 0) is 0 Å². The van der Waals surface area contributed by atoms with Gasteiger partial charge in [-0.15, -0.1) is 0 Å². The number of anilines is 3. The maximum atomic E-state index is 14.4. The summed E-state index contributed by atoms with van der Waals surface area (Å²) in [5, 5.41) is 28.0. The second kappa shape index (κ2) is 10.4. The van der Waals surface area contributed by atoms with Crippen molar-refractivity contribution < 1.29 is 13.9 Å². The molecule has 0 amide bonds. The monoisotopic (exact) mass is 486 g/mol. The molecule has 0 spiro atoms. The van der Waals surface area contributed by atoms with Crippen molar-refractivity contribution in [2.45, 2.75) is 82.9 Å². The summed E-state index contributed by atoms with van der Waals surface area (Å²) in [5.74, 6) is 0.578. The maximum Gasteiger partial charge on any atom is 0.209 e. The number of imidazole rings is 1. The molecule has 1 aromatic carbocycles. The van der Waals surface area contributed by atoms with E-state index < -0.39 is 17.2 Å². The fourth-order valence-electron chi connectivity index (χ4n) is 5.36. The van der Waals surface area contributed by atoms with Crippen LogP contribution in [0, 0.1) is 23.0 Å². The zero-order valence-electron chi connectivity index (χ0n) is 20.5. The van der Waals surface area contributed by atoms with Gasteiger partial charge < -0.3 is 26.5 Å². The lowest BCUT2D eigenvalue weighted by Gasteiger charge is -2.36. The number of rotatable bonds is 9. The minimum Gasteiger partial charge on any atom is -0.390 e. The number of hydrogen-bond donors (Lipinski definition) is 5. The minimum absolute atomic E-state index is 0.124. The smallest absolute Gasteiger partial charge is 0.209 e. The molecule has 190 valence electrons. The van der Waals surface area contributed by atoms with Crippen molar-refractivity contribution in [1.82, 2.24) is 14.9 Å². The Hall–Kier alpha value is -2.94. The Labute approximate surface area is 205 Å². The Kier molecular flexibility index (Phi) is 7.44. The summed E-state index contributed by atoms with van der Waals surface area (Å²) in [4.78, 5) is 4.56. The van der Waals surface area contributed by atoms with Crippen molar-refractivity contribution in [3.8, 4) is 0 Å². The molecule has 0 bridgehead atoms. The summed E-state index contributed by atoms with van der Waals surface area (Å²) in [5.41, 5.74) is -0.129. The topological polar surface area (TPSA) is 98.0 Å². The Morgan fingerprint density at radius 2 is 1.86 bits per heavy atom. The number of aromatic nitrogens is 2. The molecule has 2 fully saturated rings. The van der Waals surface area contributed by atoms with E-state index in [0.29, 0.717) is 23.3 Å². The average molecular weight is 487 g/mol. The zero-order chi connectivity index (χ0) is 25.2. The molecule has 4 rings (SSSR count). The number of aliphatic hydroxyl groups is 1. The van der Waals surface area contributed by atoms with Crippen molar-refractivity contribution in [3.05, 3.63) is 47.9 Å². The van der Waals surface area contributed by atoms with Gasteiger partial charge in [-0.25, -0.2) is 13.8 Å². The molecule has 1 heterocycles. The van der Waals surface area contributed by atoms with Gasteiger partial charge in [-0.05, 0) is 70.4 Å². The molecule has 2 aliphatic carbocycles. The van der Waals surface area contributed by atoms with E-state index in [9.17, 15) is 13.9 Å². The van der Waals surface area contributed by atoms with E-state index in [2.05, 4.69) is 27.5 Å². The van der Waals surface area contributed by atoms with Crippen molar-refractivity contribution in [1.29, 1.82) is 5.41 Å². The standard InChI is InChI=1S/C26H36F2N6O/c1-16(30-19-11-8-17(9-12-19)26(2,3)35)31-24-23(15-29)33-25(34(24)20-6-4-5-7-20)32-22-13-10-18(27)14-21(22)28/h10,13-15,17,19-20,29-31,35H,1,4-9,11-12H2,2-3H3,(H,32,33). The first-order valence-electron chi connectivity index (χ1n) is 12.4. The van der Waals surface area contributed by atoms with E-state index in [-0.39, 0.29) is 23.7 Å². The van der Waals surface area contributed by atoms with Crippen LogP contribution in [0.2, 0.25) is 0 Å². The van der Waals surface area contributed by atoms with Crippen LogP contribution in [0.1, 0.15) is 76.9 Å². The zero-order valence-corrected chi connectivity index (χ0v) is 20.5. The molecule has 0 unspecified atom stereocenters. The highest BCUT2D eigenvalue weighted by molar-refractivity contribution is 5.84. The molecule has 9 heteroatoms. The van der Waals surface area contributed by atoms with Crippen LogP contribution < -0.4 is 16.0 Å². The molecule has 0 atom stereocenters. The highest BCUT2D eigenvalue weighted by atomic mass is 19.1. The summed E-state index contributed by atoms with van der Waals surface area (Å²) >= 11 is 0. The first-order valence-corrected chi connectivity index (χ1v) is 12.4. The fourth-order valence-corrected chi connectivity index (χ4v) is 5.36. The molecule has 2 aromatic rings. The predicted molar refractivity (Wildman–Crippen MR) is 135 cm³/mol. The van der Waals surface area contributed by atoms with Crippen LogP contribution in [0.15, 0.2) is 30.6 Å². The summed E-state index contributed by atoms with van der Waals surface area (Å²) < 4.78 is 29.7. The number of halogens is 2. The van der Waals surface area contributed by atoms with Gasteiger partial charge in [0.15, 0.2) is 0 Å². The first kappa shape index (κ1) is 25.2. The van der Waals surface area contributed by atoms with Gasteiger partial charge in [0.2, 0.25) is 5.95 Å². The molecular weight excluding hydrogens is 450 g/mol. The molecule has 0 aliphatic heterocycles. The summed E-state index contributed by atoms with van der Waals surface area (Å²) in [6.07, 6.45) is 8.98. The average Bonchev–Trinajstić information content (AvgIpc) is 3.43. The molecule has 2 aliphatic rings. The SMILES string of the molecule is C=C(Nc1c(C=N)nc(Nc2ccc(F)cc2F)n1C1CCCC1)NC1CCC(C(C)(C)O)CC1. The number of nitrogens with one attached hydrogen (secondary N) is 4. The lowest BCUT2D eigenvalue weighted by Crippen LogP contribution is -2.40. The normalized spacial score (nSPS) is 21.1. The largest absolute Gasteiger partial charge is 0.390 e. The van der Waals surface area contributed by atoms with Crippen molar-refractivity contribution in [2.75, 3.05) is 10.6 Å². The Balaban J connectivity index is 1.53. The van der Waals surface area contributed by atoms with E-state index in [4.69, 9.17) is 5.41 Å². The maximum absolute atomic E-state index is 14.4. The third-order valence-corrected chi connectivity index (χ3v) is 7.32. The van der Waals surface area contributed by atoms with Crippen molar-refractivity contribution in [2.24, 2.45) is 5.92 Å². The van der Waals surface area contributed by atoms with Gasteiger partial charge in [-0.1, -0.05) is 19.4 Å². The van der Waals surface area contributed by atoms with Gasteiger partial charge in [0, 0.05) is 24.4 Å². The Bertz CT molecular complexity index is 1060. The Morgan fingerprint density at radius 3 is 2.46 bits per heavy atom. The second-order valence-corrected chi connectivity index (χ2v) is 10.3. The summed E-state index contributed by atoms with van der Waals surface area (Å²) in [6.45, 7) is 7.91. The first-order chi connectivity index (χ1) is 16.7. The van der Waals surface area contributed by atoms with Crippen molar-refractivity contribution in [3.63, 3.8) is 0 Å². The minimum atomic E-state index is -0.704. The molecule has 0 radical (unpaired) electrons. The molecule has 35 heavy (non-hydrogen) atoms. The van der Waals surface area contributed by atoms with Crippen LogP contribution in [-0.4, -0.2) is 32.5 Å². The van der Waals surface area contributed by atoms with Crippen LogP contribution in [0.5, 0.6) is 0 Å². The summed E-state index contributed by atoms with van der Waals surface area (Å²) in [7, 11) is 0. The predicted octanol–water partition coefficient (Wildman–Crippen LogP) is 5.82.